The van der Waals surface area contributed by atoms with E-state index in [2.05, 4.69) is 29.2 Å². The van der Waals surface area contributed by atoms with Crippen molar-refractivity contribution in [2.24, 2.45) is 11.8 Å². The quantitative estimate of drug-likeness (QED) is 0.892. The Balaban J connectivity index is 1.37. The van der Waals surface area contributed by atoms with Gasteiger partial charge in [-0.1, -0.05) is 43.3 Å². The number of hydrogen-bond donors (Lipinski definition) is 1. The highest BCUT2D eigenvalue weighted by atomic mass is 16.6. The highest BCUT2D eigenvalue weighted by molar-refractivity contribution is 5.70. The fourth-order valence-corrected chi connectivity index (χ4v) is 4.02. The maximum atomic E-state index is 11.3. The molecule has 2 aliphatic heterocycles. The lowest BCUT2D eigenvalue weighted by Gasteiger charge is -2.35. The fourth-order valence-electron chi connectivity index (χ4n) is 4.02. The second-order valence-corrected chi connectivity index (χ2v) is 7.55. The minimum atomic E-state index is -0.664. The van der Waals surface area contributed by atoms with Crippen LogP contribution in [0.1, 0.15) is 30.6 Å². The average molecular weight is 367 g/mol. The van der Waals surface area contributed by atoms with Gasteiger partial charge in [-0.2, -0.15) is 0 Å². The van der Waals surface area contributed by atoms with Crippen molar-refractivity contribution in [2.75, 3.05) is 19.7 Å². The Kier molecular flexibility index (Phi) is 5.03. The summed E-state index contributed by atoms with van der Waals surface area (Å²) in [6.45, 7) is 5.05. The predicted octanol–water partition coefficient (Wildman–Crippen LogP) is 3.74. The molecule has 0 spiro atoms. The van der Waals surface area contributed by atoms with Gasteiger partial charge in [0.2, 0.25) is 0 Å². The minimum absolute atomic E-state index is 0.0970. The topological polar surface area (TPSA) is 59.0 Å². The van der Waals surface area contributed by atoms with Gasteiger partial charge in [-0.3, -0.25) is 9.69 Å². The van der Waals surface area contributed by atoms with Crippen LogP contribution in [-0.4, -0.2) is 35.7 Å². The summed E-state index contributed by atoms with van der Waals surface area (Å²) >= 11 is 0. The smallest absolute Gasteiger partial charge is 0.306 e. The van der Waals surface area contributed by atoms with E-state index >= 15 is 0 Å². The van der Waals surface area contributed by atoms with Gasteiger partial charge in [-0.15, -0.1) is 0 Å². The van der Waals surface area contributed by atoms with E-state index < -0.39 is 5.97 Å². The Morgan fingerprint density at radius 1 is 1.15 bits per heavy atom. The third-order valence-electron chi connectivity index (χ3n) is 5.57. The van der Waals surface area contributed by atoms with Crippen molar-refractivity contribution in [2.45, 2.75) is 26.0 Å². The van der Waals surface area contributed by atoms with Crippen LogP contribution in [0.4, 0.5) is 0 Å². The molecule has 2 heterocycles. The Morgan fingerprint density at radius 3 is 2.59 bits per heavy atom. The van der Waals surface area contributed by atoms with Gasteiger partial charge in [-0.25, -0.2) is 0 Å². The van der Waals surface area contributed by atoms with Crippen LogP contribution >= 0.6 is 0 Å². The number of aliphatic carboxylic acids is 1. The van der Waals surface area contributed by atoms with Gasteiger partial charge in [0.1, 0.15) is 6.61 Å². The highest BCUT2D eigenvalue weighted by Crippen LogP contribution is 2.36. The number of carboxylic acids is 1. The zero-order valence-corrected chi connectivity index (χ0v) is 15.5. The first-order valence-corrected chi connectivity index (χ1v) is 9.52. The zero-order chi connectivity index (χ0) is 18.8. The van der Waals surface area contributed by atoms with Crippen LogP contribution in [0, 0.1) is 11.8 Å². The van der Waals surface area contributed by atoms with Gasteiger partial charge in [0.15, 0.2) is 17.6 Å². The van der Waals surface area contributed by atoms with Gasteiger partial charge < -0.3 is 14.6 Å². The summed E-state index contributed by atoms with van der Waals surface area (Å²) < 4.78 is 11.9. The van der Waals surface area contributed by atoms with Crippen LogP contribution in [0.15, 0.2) is 48.5 Å². The molecule has 0 amide bonds. The molecule has 2 aliphatic rings. The van der Waals surface area contributed by atoms with Crippen LogP contribution in [0.5, 0.6) is 11.5 Å². The van der Waals surface area contributed by atoms with Crippen molar-refractivity contribution in [3.05, 3.63) is 59.7 Å². The summed E-state index contributed by atoms with van der Waals surface area (Å²) in [7, 11) is 0. The summed E-state index contributed by atoms with van der Waals surface area (Å²) in [6, 6.07) is 16.2. The number of likely N-dealkylation sites (tertiary alicyclic amines) is 1. The van der Waals surface area contributed by atoms with E-state index in [-0.39, 0.29) is 17.9 Å². The number of rotatable bonds is 4. The van der Waals surface area contributed by atoms with Crippen LogP contribution < -0.4 is 9.47 Å². The number of ether oxygens (including phenoxy) is 2. The number of nitrogens with zero attached hydrogens (tertiary/aromatic N) is 1. The van der Waals surface area contributed by atoms with Crippen molar-refractivity contribution in [1.29, 1.82) is 0 Å². The lowest BCUT2D eigenvalue weighted by Crippen LogP contribution is -2.41. The number of para-hydroxylation sites is 2. The van der Waals surface area contributed by atoms with Gasteiger partial charge in [0, 0.05) is 13.1 Å². The lowest BCUT2D eigenvalue weighted by atomic mass is 9.87. The maximum absolute atomic E-state index is 11.3. The van der Waals surface area contributed by atoms with Crippen molar-refractivity contribution in [3.63, 3.8) is 0 Å². The van der Waals surface area contributed by atoms with Crippen LogP contribution in [0.2, 0.25) is 0 Å². The molecule has 1 saturated heterocycles. The molecule has 0 saturated carbocycles. The molecule has 0 aliphatic carbocycles. The van der Waals surface area contributed by atoms with Gasteiger partial charge in [0.25, 0.3) is 0 Å². The Morgan fingerprint density at radius 2 is 1.89 bits per heavy atom. The molecule has 5 heteroatoms. The molecule has 2 aromatic carbocycles. The summed E-state index contributed by atoms with van der Waals surface area (Å²) in [6.07, 6.45) is 0.626. The fraction of sp³-hybridized carbons (Fsp3) is 0.409. The molecule has 27 heavy (non-hydrogen) atoms. The summed E-state index contributed by atoms with van der Waals surface area (Å²) in [5.41, 5.74) is 2.34. The Bertz CT molecular complexity index is 804. The molecule has 0 aromatic heterocycles. The zero-order valence-electron chi connectivity index (χ0n) is 15.5. The van der Waals surface area contributed by atoms with Gasteiger partial charge in [-0.05, 0) is 42.1 Å². The Hall–Kier alpha value is -2.53. The number of benzene rings is 2. The molecule has 1 fully saturated rings. The van der Waals surface area contributed by atoms with E-state index in [1.807, 2.05) is 31.2 Å². The minimum Gasteiger partial charge on any atom is -0.485 e. The van der Waals surface area contributed by atoms with Crippen LogP contribution in [0.25, 0.3) is 0 Å². The van der Waals surface area contributed by atoms with Crippen molar-refractivity contribution >= 4 is 5.97 Å². The molecule has 4 rings (SSSR count). The van der Waals surface area contributed by atoms with E-state index in [4.69, 9.17) is 9.47 Å². The van der Waals surface area contributed by atoms with E-state index in [0.717, 1.165) is 43.1 Å². The lowest BCUT2D eigenvalue weighted by molar-refractivity contribution is -0.145. The van der Waals surface area contributed by atoms with Crippen molar-refractivity contribution < 1.29 is 19.4 Å². The molecule has 0 radical (unpaired) electrons. The molecule has 2 aromatic rings. The number of fused-ring (bicyclic) bond motifs is 1. The Labute approximate surface area is 159 Å². The van der Waals surface area contributed by atoms with E-state index in [1.165, 1.54) is 5.56 Å². The molecular formula is C22H25NO4. The SMILES string of the molecule is CC1CN(Cc2ccc(C3COc4ccccc4O3)cc2)CCC1C(=O)O. The standard InChI is InChI=1S/C22H25NO4/c1-15-12-23(11-10-18(15)22(24)25)13-16-6-8-17(9-7-16)21-14-26-19-4-2-3-5-20(19)27-21/h2-9,15,18,21H,10-14H2,1H3,(H,24,25). The summed E-state index contributed by atoms with van der Waals surface area (Å²) in [4.78, 5) is 13.6. The second-order valence-electron chi connectivity index (χ2n) is 7.55. The molecule has 0 bridgehead atoms. The molecule has 142 valence electrons. The molecule has 3 atom stereocenters. The van der Waals surface area contributed by atoms with E-state index in [9.17, 15) is 9.90 Å². The predicted molar refractivity (Wildman–Crippen MR) is 102 cm³/mol. The van der Waals surface area contributed by atoms with Crippen LogP contribution in [-0.2, 0) is 11.3 Å². The van der Waals surface area contributed by atoms with Crippen LogP contribution in [0.3, 0.4) is 0 Å². The van der Waals surface area contributed by atoms with Gasteiger partial charge >= 0.3 is 5.97 Å². The molecule has 1 N–H and O–H groups in total. The van der Waals surface area contributed by atoms with Crippen molar-refractivity contribution in [3.8, 4) is 11.5 Å². The number of carboxylic acid groups (broad SMARTS) is 1. The van der Waals surface area contributed by atoms with Crippen molar-refractivity contribution in [1.82, 2.24) is 4.90 Å². The first-order valence-electron chi connectivity index (χ1n) is 9.52. The first-order chi connectivity index (χ1) is 13.1. The number of hydrogen-bond acceptors (Lipinski definition) is 4. The summed E-state index contributed by atoms with van der Waals surface area (Å²) in [5, 5.41) is 9.26. The maximum Gasteiger partial charge on any atom is 0.306 e. The third-order valence-corrected chi connectivity index (χ3v) is 5.57. The van der Waals surface area contributed by atoms with E-state index in [1.54, 1.807) is 0 Å². The average Bonchev–Trinajstić information content (AvgIpc) is 2.68. The number of carbonyl (C=O) groups is 1. The molecular weight excluding hydrogens is 342 g/mol. The largest absolute Gasteiger partial charge is 0.485 e. The monoisotopic (exact) mass is 367 g/mol. The second kappa shape index (κ2) is 7.61. The first kappa shape index (κ1) is 17.9. The molecule has 3 unspecified atom stereocenters. The van der Waals surface area contributed by atoms with Gasteiger partial charge in [0.05, 0.1) is 5.92 Å². The highest BCUT2D eigenvalue weighted by Gasteiger charge is 2.31. The normalized spacial score (nSPS) is 25.1. The number of piperidine rings is 1. The summed E-state index contributed by atoms with van der Waals surface area (Å²) in [5.74, 6) is 0.887. The van der Waals surface area contributed by atoms with E-state index in [0.29, 0.717) is 6.61 Å². The third kappa shape index (κ3) is 3.93. The molecule has 5 nitrogen and oxygen atoms in total.